The van der Waals surface area contributed by atoms with Crippen LogP contribution in [0.4, 0.5) is 0 Å². The first-order chi connectivity index (χ1) is 13.7. The Labute approximate surface area is 164 Å². The van der Waals surface area contributed by atoms with Crippen LogP contribution < -0.4 is 5.32 Å². The van der Waals surface area contributed by atoms with E-state index in [0.717, 1.165) is 18.4 Å². The quantitative estimate of drug-likeness (QED) is 0.528. The molecule has 2 N–H and O–H groups in total. The molecular weight excluding hydrogens is 346 g/mol. The third-order valence-corrected chi connectivity index (χ3v) is 4.98. The molecule has 0 aliphatic carbocycles. The van der Waals surface area contributed by atoms with Crippen LogP contribution in [0.3, 0.4) is 0 Å². The summed E-state index contributed by atoms with van der Waals surface area (Å²) in [4.78, 5) is 19.8. The van der Waals surface area contributed by atoms with E-state index in [4.69, 9.17) is 0 Å². The molecule has 0 radical (unpaired) electrons. The molecule has 0 saturated carbocycles. The first-order valence-corrected chi connectivity index (χ1v) is 9.52. The van der Waals surface area contributed by atoms with Gasteiger partial charge in [-0.1, -0.05) is 23.8 Å². The molecule has 0 atom stereocenters. The Bertz CT molecular complexity index is 1080. The lowest BCUT2D eigenvalue weighted by atomic mass is 10.0. The number of aromatic amines is 1. The number of H-pyrrole nitrogens is 1. The van der Waals surface area contributed by atoms with Crippen LogP contribution in [0.25, 0.3) is 10.9 Å². The average Bonchev–Trinajstić information content (AvgIpc) is 3.11. The van der Waals surface area contributed by atoms with Crippen molar-refractivity contribution in [3.8, 4) is 0 Å². The zero-order chi connectivity index (χ0) is 19.3. The van der Waals surface area contributed by atoms with E-state index in [2.05, 4.69) is 40.4 Å². The van der Waals surface area contributed by atoms with Crippen molar-refractivity contribution in [2.24, 2.45) is 0 Å². The van der Waals surface area contributed by atoms with Crippen molar-refractivity contribution in [3.05, 3.63) is 101 Å². The SMILES string of the molecule is Cc1ccc2[nH]cc(CCNC(=O)c3ccc(Cc4ccncc4)cc3)c2c1. The van der Waals surface area contributed by atoms with Gasteiger partial charge in [-0.15, -0.1) is 0 Å². The summed E-state index contributed by atoms with van der Waals surface area (Å²) >= 11 is 0. The Kier molecular flexibility index (Phi) is 5.20. The third kappa shape index (κ3) is 4.12. The second-order valence-corrected chi connectivity index (χ2v) is 7.10. The van der Waals surface area contributed by atoms with Crippen LogP contribution in [-0.4, -0.2) is 22.4 Å². The van der Waals surface area contributed by atoms with Crippen LogP contribution in [0.1, 0.15) is 32.6 Å². The fourth-order valence-corrected chi connectivity index (χ4v) is 3.42. The number of amides is 1. The van der Waals surface area contributed by atoms with Crippen LogP contribution >= 0.6 is 0 Å². The molecule has 0 spiro atoms. The summed E-state index contributed by atoms with van der Waals surface area (Å²) in [6, 6.07) is 18.2. The molecule has 0 unspecified atom stereocenters. The number of aromatic nitrogens is 2. The third-order valence-electron chi connectivity index (χ3n) is 4.98. The van der Waals surface area contributed by atoms with E-state index in [1.54, 1.807) is 12.4 Å². The van der Waals surface area contributed by atoms with E-state index in [-0.39, 0.29) is 5.91 Å². The maximum Gasteiger partial charge on any atom is 0.251 e. The number of nitrogens with one attached hydrogen (secondary N) is 2. The minimum atomic E-state index is -0.0357. The molecule has 1 amide bonds. The number of benzene rings is 2. The number of carbonyl (C=O) groups is 1. The molecule has 2 aromatic heterocycles. The zero-order valence-corrected chi connectivity index (χ0v) is 15.9. The molecule has 4 aromatic rings. The second-order valence-electron chi connectivity index (χ2n) is 7.10. The number of carbonyl (C=O) groups excluding carboxylic acids is 1. The number of rotatable bonds is 6. The molecule has 2 aromatic carbocycles. The lowest BCUT2D eigenvalue weighted by Crippen LogP contribution is -2.25. The van der Waals surface area contributed by atoms with Gasteiger partial charge in [0.1, 0.15) is 0 Å². The summed E-state index contributed by atoms with van der Waals surface area (Å²) < 4.78 is 0. The predicted octanol–water partition coefficient (Wildman–Crippen LogP) is 4.43. The predicted molar refractivity (Wildman–Crippen MR) is 113 cm³/mol. The van der Waals surface area contributed by atoms with Gasteiger partial charge >= 0.3 is 0 Å². The summed E-state index contributed by atoms with van der Waals surface area (Å²) in [5.41, 5.74) is 6.68. The van der Waals surface area contributed by atoms with Crippen LogP contribution in [0.15, 0.2) is 73.2 Å². The van der Waals surface area contributed by atoms with E-state index in [9.17, 15) is 4.79 Å². The van der Waals surface area contributed by atoms with E-state index in [1.807, 2.05) is 42.6 Å². The van der Waals surface area contributed by atoms with Crippen molar-refractivity contribution in [2.75, 3.05) is 6.54 Å². The van der Waals surface area contributed by atoms with Gasteiger partial charge in [-0.05, 0) is 72.9 Å². The van der Waals surface area contributed by atoms with Gasteiger partial charge in [0.2, 0.25) is 0 Å². The molecule has 0 fully saturated rings. The Morgan fingerprint density at radius 1 is 1.00 bits per heavy atom. The Balaban J connectivity index is 1.34. The summed E-state index contributed by atoms with van der Waals surface area (Å²) in [6.45, 7) is 2.70. The highest BCUT2D eigenvalue weighted by Gasteiger charge is 2.07. The molecule has 28 heavy (non-hydrogen) atoms. The minimum absolute atomic E-state index is 0.0357. The zero-order valence-electron chi connectivity index (χ0n) is 15.9. The molecule has 140 valence electrons. The normalized spacial score (nSPS) is 10.9. The molecule has 0 aliphatic heterocycles. The van der Waals surface area contributed by atoms with Gasteiger partial charge in [-0.3, -0.25) is 9.78 Å². The van der Waals surface area contributed by atoms with E-state index in [0.29, 0.717) is 12.1 Å². The smallest absolute Gasteiger partial charge is 0.251 e. The highest BCUT2D eigenvalue weighted by Crippen LogP contribution is 2.20. The first-order valence-electron chi connectivity index (χ1n) is 9.52. The summed E-state index contributed by atoms with van der Waals surface area (Å²) in [7, 11) is 0. The molecule has 4 nitrogen and oxygen atoms in total. The standard InChI is InChI=1S/C24H23N3O/c1-17-2-7-23-22(14-17)21(16-27-23)10-13-26-24(28)20-5-3-18(4-6-20)15-19-8-11-25-12-9-19/h2-9,11-12,14,16,27H,10,13,15H2,1H3,(H,26,28). The number of nitrogens with zero attached hydrogens (tertiary/aromatic N) is 1. The molecular formula is C24H23N3O. The largest absolute Gasteiger partial charge is 0.361 e. The molecule has 2 heterocycles. The highest BCUT2D eigenvalue weighted by atomic mass is 16.1. The van der Waals surface area contributed by atoms with Crippen LogP contribution in [0, 0.1) is 6.92 Å². The topological polar surface area (TPSA) is 57.8 Å². The summed E-state index contributed by atoms with van der Waals surface area (Å²) in [6.07, 6.45) is 7.27. The maximum atomic E-state index is 12.4. The first kappa shape index (κ1) is 18.0. The van der Waals surface area contributed by atoms with E-state index < -0.39 is 0 Å². The van der Waals surface area contributed by atoms with Crippen molar-refractivity contribution in [1.82, 2.24) is 15.3 Å². The average molecular weight is 369 g/mol. The number of pyridine rings is 1. The highest BCUT2D eigenvalue weighted by molar-refractivity contribution is 5.94. The van der Waals surface area contributed by atoms with Crippen molar-refractivity contribution >= 4 is 16.8 Å². The van der Waals surface area contributed by atoms with Gasteiger partial charge in [0.15, 0.2) is 0 Å². The maximum absolute atomic E-state index is 12.4. The summed E-state index contributed by atoms with van der Waals surface area (Å²) in [5.74, 6) is -0.0357. The molecule has 4 rings (SSSR count). The number of aryl methyl sites for hydroxylation is 1. The van der Waals surface area contributed by atoms with Crippen molar-refractivity contribution < 1.29 is 4.79 Å². The van der Waals surface area contributed by atoms with Crippen LogP contribution in [0.2, 0.25) is 0 Å². The van der Waals surface area contributed by atoms with E-state index in [1.165, 1.54) is 27.6 Å². The van der Waals surface area contributed by atoms with Crippen LogP contribution in [0.5, 0.6) is 0 Å². The Morgan fingerprint density at radius 3 is 2.54 bits per heavy atom. The fraction of sp³-hybridized carbons (Fsp3) is 0.167. The number of hydrogen-bond donors (Lipinski definition) is 2. The Hall–Kier alpha value is -3.40. The van der Waals surface area contributed by atoms with Gasteiger partial charge in [0.05, 0.1) is 0 Å². The van der Waals surface area contributed by atoms with Gasteiger partial charge < -0.3 is 10.3 Å². The van der Waals surface area contributed by atoms with E-state index >= 15 is 0 Å². The van der Waals surface area contributed by atoms with Gasteiger partial charge in [0, 0.05) is 41.6 Å². The molecule has 0 bridgehead atoms. The Morgan fingerprint density at radius 2 is 1.75 bits per heavy atom. The van der Waals surface area contributed by atoms with Crippen molar-refractivity contribution in [3.63, 3.8) is 0 Å². The minimum Gasteiger partial charge on any atom is -0.361 e. The number of hydrogen-bond acceptors (Lipinski definition) is 2. The monoisotopic (exact) mass is 369 g/mol. The summed E-state index contributed by atoms with van der Waals surface area (Å²) in [5, 5.41) is 4.26. The molecule has 0 saturated heterocycles. The van der Waals surface area contributed by atoms with Gasteiger partial charge in [-0.25, -0.2) is 0 Å². The van der Waals surface area contributed by atoms with Crippen LogP contribution in [-0.2, 0) is 12.8 Å². The molecule has 4 heteroatoms. The number of fused-ring (bicyclic) bond motifs is 1. The fourth-order valence-electron chi connectivity index (χ4n) is 3.42. The van der Waals surface area contributed by atoms with Gasteiger partial charge in [-0.2, -0.15) is 0 Å². The van der Waals surface area contributed by atoms with Gasteiger partial charge in [0.25, 0.3) is 5.91 Å². The lowest BCUT2D eigenvalue weighted by molar-refractivity contribution is 0.0954. The lowest BCUT2D eigenvalue weighted by Gasteiger charge is -2.07. The van der Waals surface area contributed by atoms with Crippen molar-refractivity contribution in [2.45, 2.75) is 19.8 Å². The van der Waals surface area contributed by atoms with Crippen molar-refractivity contribution in [1.29, 1.82) is 0 Å². The molecule has 0 aliphatic rings. The second kappa shape index (κ2) is 8.09.